The average molecular weight is 415 g/mol. The number of hydrogen-bond donors (Lipinski definition) is 2. The zero-order valence-electron chi connectivity index (χ0n) is 17.4. The summed E-state index contributed by atoms with van der Waals surface area (Å²) in [5, 5.41) is 4.24. The van der Waals surface area contributed by atoms with E-state index in [0.717, 1.165) is 66.3 Å². The van der Waals surface area contributed by atoms with Crippen molar-refractivity contribution in [3.05, 3.63) is 67.1 Å². The van der Waals surface area contributed by atoms with E-state index in [1.807, 2.05) is 42.5 Å². The van der Waals surface area contributed by atoms with Crippen LogP contribution in [0.2, 0.25) is 0 Å². The number of nitrogens with zero attached hydrogens (tertiary/aromatic N) is 4. The fourth-order valence-corrected chi connectivity index (χ4v) is 4.05. The van der Waals surface area contributed by atoms with E-state index in [1.54, 1.807) is 0 Å². The number of ether oxygens (including phenoxy) is 1. The molecule has 0 spiro atoms. The van der Waals surface area contributed by atoms with Crippen molar-refractivity contribution in [2.75, 3.05) is 45.1 Å². The van der Waals surface area contributed by atoms with Gasteiger partial charge in [-0.25, -0.2) is 9.97 Å². The molecule has 0 unspecified atom stereocenters. The van der Waals surface area contributed by atoms with Crippen molar-refractivity contribution in [3.8, 4) is 22.6 Å². The monoisotopic (exact) mass is 414 g/mol. The molecule has 3 N–H and O–H groups in total. The number of benzene rings is 2. The molecule has 5 rings (SSSR count). The first-order chi connectivity index (χ1) is 15.3. The molecule has 0 radical (unpaired) electrons. The number of nitrogen functional groups attached to an aromatic ring is 1. The minimum atomic E-state index is 0.482. The Balaban J connectivity index is 1.39. The second kappa shape index (κ2) is 8.75. The Labute approximate surface area is 181 Å². The molecule has 158 valence electrons. The van der Waals surface area contributed by atoms with Gasteiger partial charge < -0.3 is 20.4 Å². The number of nitrogens with two attached hydrogens (primary N) is 1. The molecular formula is C24H26N6O. The van der Waals surface area contributed by atoms with E-state index in [0.29, 0.717) is 12.4 Å². The molecule has 2 aromatic heterocycles. The van der Waals surface area contributed by atoms with Crippen molar-refractivity contribution in [1.82, 2.24) is 24.8 Å². The van der Waals surface area contributed by atoms with Gasteiger partial charge in [0.05, 0.1) is 5.39 Å². The number of aromatic nitrogens is 3. The van der Waals surface area contributed by atoms with Crippen molar-refractivity contribution >= 4 is 16.9 Å². The zero-order valence-corrected chi connectivity index (χ0v) is 17.4. The number of rotatable bonds is 6. The summed E-state index contributed by atoms with van der Waals surface area (Å²) in [4.78, 5) is 11.2. The molecule has 0 bridgehead atoms. The van der Waals surface area contributed by atoms with Gasteiger partial charge in [-0.1, -0.05) is 30.3 Å². The zero-order chi connectivity index (χ0) is 21.0. The Morgan fingerprint density at radius 2 is 1.74 bits per heavy atom. The van der Waals surface area contributed by atoms with Gasteiger partial charge in [-0.15, -0.1) is 0 Å². The lowest BCUT2D eigenvalue weighted by molar-refractivity contribution is 0.191. The van der Waals surface area contributed by atoms with Crippen LogP contribution in [-0.4, -0.2) is 58.8 Å². The molecule has 0 atom stereocenters. The minimum absolute atomic E-state index is 0.482. The van der Waals surface area contributed by atoms with Crippen LogP contribution in [-0.2, 0) is 0 Å². The molecular weight excluding hydrogens is 388 g/mol. The van der Waals surface area contributed by atoms with Crippen molar-refractivity contribution in [2.24, 2.45) is 0 Å². The third kappa shape index (κ3) is 4.10. The predicted molar refractivity (Wildman–Crippen MR) is 124 cm³/mol. The highest BCUT2D eigenvalue weighted by atomic mass is 16.5. The predicted octanol–water partition coefficient (Wildman–Crippen LogP) is 2.95. The fourth-order valence-electron chi connectivity index (χ4n) is 4.05. The second-order valence-electron chi connectivity index (χ2n) is 7.67. The number of fused-ring (bicyclic) bond motifs is 1. The molecule has 1 aliphatic heterocycles. The first-order valence-corrected chi connectivity index (χ1v) is 10.6. The molecule has 4 aromatic rings. The van der Waals surface area contributed by atoms with Crippen molar-refractivity contribution in [1.29, 1.82) is 0 Å². The lowest BCUT2D eigenvalue weighted by Crippen LogP contribution is -2.44. The summed E-state index contributed by atoms with van der Waals surface area (Å²) in [6, 6.07) is 18.3. The average Bonchev–Trinajstić information content (AvgIpc) is 3.22. The molecule has 1 saturated heterocycles. The van der Waals surface area contributed by atoms with Crippen LogP contribution >= 0.6 is 0 Å². The molecule has 0 saturated carbocycles. The van der Waals surface area contributed by atoms with Crippen LogP contribution in [0.15, 0.2) is 67.1 Å². The fraction of sp³-hybridized carbons (Fsp3) is 0.250. The van der Waals surface area contributed by atoms with E-state index >= 15 is 0 Å². The lowest BCUT2D eigenvalue weighted by Gasteiger charge is -2.26. The molecule has 31 heavy (non-hydrogen) atoms. The van der Waals surface area contributed by atoms with Gasteiger partial charge in [0.15, 0.2) is 5.65 Å². The van der Waals surface area contributed by atoms with Gasteiger partial charge in [0.2, 0.25) is 0 Å². The highest BCUT2D eigenvalue weighted by Crippen LogP contribution is 2.34. The number of piperazine rings is 1. The summed E-state index contributed by atoms with van der Waals surface area (Å²) in [5.74, 6) is 1.35. The Morgan fingerprint density at radius 3 is 2.52 bits per heavy atom. The van der Waals surface area contributed by atoms with Gasteiger partial charge in [0.1, 0.15) is 24.5 Å². The second-order valence-corrected chi connectivity index (χ2v) is 7.67. The summed E-state index contributed by atoms with van der Waals surface area (Å²) >= 11 is 0. The molecule has 7 nitrogen and oxygen atoms in total. The molecule has 1 aliphatic rings. The van der Waals surface area contributed by atoms with Gasteiger partial charge in [-0.3, -0.25) is 4.90 Å². The minimum Gasteiger partial charge on any atom is -0.492 e. The Morgan fingerprint density at radius 1 is 0.968 bits per heavy atom. The van der Waals surface area contributed by atoms with Gasteiger partial charge in [0.25, 0.3) is 0 Å². The van der Waals surface area contributed by atoms with E-state index in [9.17, 15) is 0 Å². The lowest BCUT2D eigenvalue weighted by atomic mass is 10.1. The van der Waals surface area contributed by atoms with Gasteiger partial charge in [-0.2, -0.15) is 0 Å². The first kappa shape index (κ1) is 19.5. The Kier molecular flexibility index (Phi) is 5.52. The third-order valence-corrected chi connectivity index (χ3v) is 5.70. The van der Waals surface area contributed by atoms with Gasteiger partial charge in [-0.05, 0) is 29.8 Å². The highest BCUT2D eigenvalue weighted by Gasteiger charge is 2.16. The smallest absolute Gasteiger partial charge is 0.150 e. The van der Waals surface area contributed by atoms with Crippen LogP contribution < -0.4 is 15.8 Å². The van der Waals surface area contributed by atoms with Crippen LogP contribution in [0.4, 0.5) is 5.82 Å². The van der Waals surface area contributed by atoms with Crippen LogP contribution in [0.1, 0.15) is 0 Å². The molecule has 7 heteroatoms. The summed E-state index contributed by atoms with van der Waals surface area (Å²) in [7, 11) is 0. The SMILES string of the molecule is Nc1ncnc2c1c(-c1ccccc1)cn2-c1ccc(OCCN2CCNCC2)cc1. The summed E-state index contributed by atoms with van der Waals surface area (Å²) in [5.41, 5.74) is 10.1. The van der Waals surface area contributed by atoms with Crippen LogP contribution in [0.25, 0.3) is 27.8 Å². The van der Waals surface area contributed by atoms with Crippen LogP contribution in [0.3, 0.4) is 0 Å². The standard InChI is InChI=1S/C24H26N6O/c25-23-22-21(18-4-2-1-3-5-18)16-30(24(22)28-17-27-23)19-6-8-20(9-7-19)31-15-14-29-12-10-26-11-13-29/h1-9,16-17,26H,10-15H2,(H2,25,27,28). The molecule has 0 aliphatic carbocycles. The maximum absolute atomic E-state index is 6.23. The van der Waals surface area contributed by atoms with E-state index < -0.39 is 0 Å². The van der Waals surface area contributed by atoms with E-state index in [1.165, 1.54) is 6.33 Å². The molecule has 3 heterocycles. The van der Waals surface area contributed by atoms with E-state index in [4.69, 9.17) is 10.5 Å². The van der Waals surface area contributed by atoms with Crippen molar-refractivity contribution < 1.29 is 4.74 Å². The quantitative estimate of drug-likeness (QED) is 0.505. The third-order valence-electron chi connectivity index (χ3n) is 5.70. The molecule has 0 amide bonds. The van der Waals surface area contributed by atoms with E-state index in [2.05, 4.69) is 43.1 Å². The molecule has 1 fully saturated rings. The van der Waals surface area contributed by atoms with Gasteiger partial charge in [0, 0.05) is 50.2 Å². The number of nitrogens with one attached hydrogen (secondary N) is 1. The summed E-state index contributed by atoms with van der Waals surface area (Å²) in [6.07, 6.45) is 3.59. The van der Waals surface area contributed by atoms with Crippen LogP contribution in [0.5, 0.6) is 5.75 Å². The Hall–Kier alpha value is -3.42. The van der Waals surface area contributed by atoms with Crippen LogP contribution in [0, 0.1) is 0 Å². The Bertz CT molecular complexity index is 1150. The number of hydrogen-bond acceptors (Lipinski definition) is 6. The summed E-state index contributed by atoms with van der Waals surface area (Å²) < 4.78 is 8.02. The normalized spacial score (nSPS) is 14.7. The van der Waals surface area contributed by atoms with Crippen molar-refractivity contribution in [3.63, 3.8) is 0 Å². The largest absolute Gasteiger partial charge is 0.492 e. The maximum atomic E-state index is 6.23. The van der Waals surface area contributed by atoms with Gasteiger partial charge >= 0.3 is 0 Å². The summed E-state index contributed by atoms with van der Waals surface area (Å²) in [6.45, 7) is 5.91. The molecule has 2 aromatic carbocycles. The number of anilines is 1. The highest BCUT2D eigenvalue weighted by molar-refractivity contribution is 6.01. The van der Waals surface area contributed by atoms with E-state index in [-0.39, 0.29) is 0 Å². The van der Waals surface area contributed by atoms with Crippen molar-refractivity contribution in [2.45, 2.75) is 0 Å². The first-order valence-electron chi connectivity index (χ1n) is 10.6. The topological polar surface area (TPSA) is 81.2 Å². The maximum Gasteiger partial charge on any atom is 0.150 e.